The number of rotatable bonds is 4. The second kappa shape index (κ2) is 6.71. The van der Waals surface area contributed by atoms with Crippen LogP contribution in [0.1, 0.15) is 27.2 Å². The number of aryl methyl sites for hydroxylation is 2. The van der Waals surface area contributed by atoms with Gasteiger partial charge in [0.1, 0.15) is 5.69 Å². The number of nitrogens with one attached hydrogen (secondary N) is 2. The molecule has 3 amide bonds. The Hall–Kier alpha value is -2.89. The number of amides is 3. The average molecular weight is 298 g/mol. The highest BCUT2D eigenvalue weighted by Gasteiger charge is 2.05. The highest BCUT2D eigenvalue weighted by Crippen LogP contribution is 2.10. The molecule has 0 unspecified atom stereocenters. The number of nitrogens with zero attached hydrogens (tertiary/aromatic N) is 1. The van der Waals surface area contributed by atoms with Crippen LogP contribution in [0.4, 0.5) is 10.5 Å². The van der Waals surface area contributed by atoms with Crippen LogP contribution in [0.3, 0.4) is 0 Å². The van der Waals surface area contributed by atoms with Gasteiger partial charge in [-0.15, -0.1) is 0 Å². The zero-order valence-electron chi connectivity index (χ0n) is 12.5. The molecule has 2 aromatic rings. The van der Waals surface area contributed by atoms with Crippen molar-refractivity contribution in [2.75, 3.05) is 5.32 Å². The SMILES string of the molecule is Cc1ccc(CNC(=O)Nc2ccc(C(N)=O)nc2)c(C)c1. The summed E-state index contributed by atoms with van der Waals surface area (Å²) in [5, 5.41) is 5.42. The molecule has 4 N–H and O–H groups in total. The molecule has 0 aliphatic rings. The maximum absolute atomic E-state index is 11.8. The largest absolute Gasteiger partial charge is 0.364 e. The Morgan fingerprint density at radius 1 is 1.18 bits per heavy atom. The fraction of sp³-hybridized carbons (Fsp3) is 0.188. The first-order valence-corrected chi connectivity index (χ1v) is 6.82. The third-order valence-electron chi connectivity index (χ3n) is 3.21. The summed E-state index contributed by atoms with van der Waals surface area (Å²) in [5.74, 6) is -0.606. The van der Waals surface area contributed by atoms with Gasteiger partial charge in [0.05, 0.1) is 11.9 Å². The highest BCUT2D eigenvalue weighted by atomic mass is 16.2. The molecule has 114 valence electrons. The summed E-state index contributed by atoms with van der Waals surface area (Å²) in [4.78, 5) is 26.6. The molecule has 22 heavy (non-hydrogen) atoms. The van der Waals surface area contributed by atoms with Gasteiger partial charge in [-0.1, -0.05) is 23.8 Å². The molecule has 2 rings (SSSR count). The Bertz CT molecular complexity index is 696. The third-order valence-corrected chi connectivity index (χ3v) is 3.21. The second-order valence-electron chi connectivity index (χ2n) is 5.03. The Balaban J connectivity index is 1.91. The van der Waals surface area contributed by atoms with E-state index in [1.165, 1.54) is 17.8 Å². The summed E-state index contributed by atoms with van der Waals surface area (Å²) in [5.41, 5.74) is 9.12. The van der Waals surface area contributed by atoms with Crippen LogP contribution >= 0.6 is 0 Å². The molecular formula is C16H18N4O2. The molecule has 0 saturated heterocycles. The van der Waals surface area contributed by atoms with Crippen molar-refractivity contribution in [1.82, 2.24) is 10.3 Å². The van der Waals surface area contributed by atoms with Crippen molar-refractivity contribution in [3.63, 3.8) is 0 Å². The Labute approximate surface area is 128 Å². The lowest BCUT2D eigenvalue weighted by molar-refractivity contribution is 0.0995. The van der Waals surface area contributed by atoms with Gasteiger partial charge >= 0.3 is 6.03 Å². The van der Waals surface area contributed by atoms with Crippen molar-refractivity contribution >= 4 is 17.6 Å². The number of pyridine rings is 1. The zero-order chi connectivity index (χ0) is 16.1. The van der Waals surface area contributed by atoms with Crippen LogP contribution in [0.2, 0.25) is 0 Å². The third kappa shape index (κ3) is 4.05. The number of carbonyl (C=O) groups is 2. The van der Waals surface area contributed by atoms with Gasteiger partial charge in [0.2, 0.25) is 0 Å². The summed E-state index contributed by atoms with van der Waals surface area (Å²) in [7, 11) is 0. The number of hydrogen-bond acceptors (Lipinski definition) is 3. The van der Waals surface area contributed by atoms with E-state index in [1.807, 2.05) is 26.0 Å². The van der Waals surface area contributed by atoms with Crippen molar-refractivity contribution in [2.45, 2.75) is 20.4 Å². The van der Waals surface area contributed by atoms with E-state index in [2.05, 4.69) is 21.7 Å². The minimum absolute atomic E-state index is 0.154. The van der Waals surface area contributed by atoms with E-state index < -0.39 is 5.91 Å². The molecule has 0 fully saturated rings. The lowest BCUT2D eigenvalue weighted by atomic mass is 10.1. The predicted molar refractivity (Wildman–Crippen MR) is 84.5 cm³/mol. The van der Waals surface area contributed by atoms with E-state index in [0.717, 1.165) is 11.1 Å². The van der Waals surface area contributed by atoms with Gasteiger partial charge in [-0.05, 0) is 37.1 Å². The molecule has 6 nitrogen and oxygen atoms in total. The number of primary amides is 1. The van der Waals surface area contributed by atoms with Crippen LogP contribution in [0.25, 0.3) is 0 Å². The minimum Gasteiger partial charge on any atom is -0.364 e. The molecule has 0 bridgehead atoms. The van der Waals surface area contributed by atoms with Gasteiger partial charge in [-0.25, -0.2) is 9.78 Å². The molecule has 1 aromatic heterocycles. The van der Waals surface area contributed by atoms with Crippen LogP contribution in [0.5, 0.6) is 0 Å². The number of nitrogens with two attached hydrogens (primary N) is 1. The summed E-state index contributed by atoms with van der Waals surface area (Å²) < 4.78 is 0. The van der Waals surface area contributed by atoms with Crippen molar-refractivity contribution < 1.29 is 9.59 Å². The Morgan fingerprint density at radius 2 is 1.95 bits per heavy atom. The van der Waals surface area contributed by atoms with Gasteiger partial charge in [0.15, 0.2) is 0 Å². The molecule has 0 radical (unpaired) electrons. The quantitative estimate of drug-likeness (QED) is 0.806. The molecule has 1 heterocycles. The van der Waals surface area contributed by atoms with E-state index in [0.29, 0.717) is 12.2 Å². The number of carbonyl (C=O) groups excluding carboxylic acids is 2. The average Bonchev–Trinajstić information content (AvgIpc) is 2.47. The van der Waals surface area contributed by atoms with Crippen molar-refractivity contribution in [2.24, 2.45) is 5.73 Å². The summed E-state index contributed by atoms with van der Waals surface area (Å²) in [6.45, 7) is 4.47. The molecule has 0 spiro atoms. The zero-order valence-corrected chi connectivity index (χ0v) is 12.5. The monoisotopic (exact) mass is 298 g/mol. The normalized spacial score (nSPS) is 10.1. The van der Waals surface area contributed by atoms with Crippen molar-refractivity contribution in [1.29, 1.82) is 0 Å². The molecule has 0 aliphatic heterocycles. The van der Waals surface area contributed by atoms with E-state index in [-0.39, 0.29) is 11.7 Å². The van der Waals surface area contributed by atoms with Crippen LogP contribution in [0, 0.1) is 13.8 Å². The fourth-order valence-corrected chi connectivity index (χ4v) is 2.01. The van der Waals surface area contributed by atoms with Gasteiger partial charge in [-0.2, -0.15) is 0 Å². The molecule has 0 atom stereocenters. The number of hydrogen-bond donors (Lipinski definition) is 3. The molecule has 0 aliphatic carbocycles. The van der Waals surface area contributed by atoms with Gasteiger partial charge < -0.3 is 16.4 Å². The van der Waals surface area contributed by atoms with E-state index in [4.69, 9.17) is 5.73 Å². The first-order chi connectivity index (χ1) is 10.5. The van der Waals surface area contributed by atoms with Gasteiger partial charge in [-0.3, -0.25) is 4.79 Å². The second-order valence-corrected chi connectivity index (χ2v) is 5.03. The number of benzene rings is 1. The van der Waals surface area contributed by atoms with Crippen molar-refractivity contribution in [3.05, 3.63) is 58.9 Å². The van der Waals surface area contributed by atoms with Gasteiger partial charge in [0.25, 0.3) is 5.91 Å². The molecular weight excluding hydrogens is 280 g/mol. The van der Waals surface area contributed by atoms with E-state index >= 15 is 0 Å². The standard InChI is InChI=1S/C16H18N4O2/c1-10-3-4-12(11(2)7-10)8-19-16(22)20-13-5-6-14(15(17)21)18-9-13/h3-7,9H,8H2,1-2H3,(H2,17,21)(H2,19,20,22). The number of urea groups is 1. The molecule has 0 saturated carbocycles. The van der Waals surface area contributed by atoms with Crippen molar-refractivity contribution in [3.8, 4) is 0 Å². The van der Waals surface area contributed by atoms with Gasteiger partial charge in [0, 0.05) is 6.54 Å². The first kappa shape index (κ1) is 15.5. The predicted octanol–water partition coefficient (Wildman–Crippen LogP) is 2.12. The Kier molecular flexibility index (Phi) is 4.73. The first-order valence-electron chi connectivity index (χ1n) is 6.82. The van der Waals surface area contributed by atoms with Crippen LogP contribution in [-0.4, -0.2) is 16.9 Å². The lowest BCUT2D eigenvalue weighted by Gasteiger charge is -2.10. The highest BCUT2D eigenvalue weighted by molar-refractivity contribution is 5.92. The van der Waals surface area contributed by atoms with E-state index in [9.17, 15) is 9.59 Å². The number of aromatic nitrogens is 1. The maximum Gasteiger partial charge on any atom is 0.319 e. The summed E-state index contributed by atoms with van der Waals surface area (Å²) >= 11 is 0. The minimum atomic E-state index is -0.606. The van der Waals surface area contributed by atoms with Crippen LogP contribution in [-0.2, 0) is 6.54 Å². The number of anilines is 1. The fourth-order valence-electron chi connectivity index (χ4n) is 2.01. The molecule has 6 heteroatoms. The van der Waals surface area contributed by atoms with E-state index in [1.54, 1.807) is 6.07 Å². The van der Waals surface area contributed by atoms with Crippen LogP contribution in [0.15, 0.2) is 36.5 Å². The molecule has 1 aromatic carbocycles. The Morgan fingerprint density at radius 3 is 2.55 bits per heavy atom. The topological polar surface area (TPSA) is 97.1 Å². The summed E-state index contributed by atoms with van der Waals surface area (Å²) in [6, 6.07) is 8.77. The van der Waals surface area contributed by atoms with Crippen LogP contribution < -0.4 is 16.4 Å². The maximum atomic E-state index is 11.8. The lowest BCUT2D eigenvalue weighted by Crippen LogP contribution is -2.28. The smallest absolute Gasteiger partial charge is 0.319 e. The summed E-state index contributed by atoms with van der Waals surface area (Å²) in [6.07, 6.45) is 1.39.